The van der Waals surface area contributed by atoms with Gasteiger partial charge >= 0.3 is 0 Å². The van der Waals surface area contributed by atoms with Gasteiger partial charge in [-0.25, -0.2) is 26.0 Å². The van der Waals surface area contributed by atoms with Gasteiger partial charge in [-0.2, -0.15) is 0 Å². The molecule has 2 heterocycles. The van der Waals surface area contributed by atoms with E-state index < -0.39 is 20.2 Å². The standard InChI is InChI=1S/C12H10O6S2.2C7H10N/c13-19(14,15)11-5-1-9(2-6-11)10-3-7-12(8-4-10)20(16,17)18;2*1-2-8-6-4-3-5-7-8/h1-8H,(H,13,14,15)(H,16,17,18);2*3-7H,2H2,1H3/q;2*+1/p-2. The highest BCUT2D eigenvalue weighted by atomic mass is 32.2. The van der Waals surface area contributed by atoms with Crippen molar-refractivity contribution in [2.75, 3.05) is 0 Å². The molecule has 2 aromatic heterocycles. The van der Waals surface area contributed by atoms with Crippen LogP contribution in [0.4, 0.5) is 0 Å². The molecule has 4 rings (SSSR count). The van der Waals surface area contributed by atoms with E-state index in [0.717, 1.165) is 37.4 Å². The molecular weight excluding hydrogens is 500 g/mol. The summed E-state index contributed by atoms with van der Waals surface area (Å²) in [5.74, 6) is 0. The van der Waals surface area contributed by atoms with E-state index in [-0.39, 0.29) is 9.79 Å². The largest absolute Gasteiger partial charge is 0.744 e. The summed E-state index contributed by atoms with van der Waals surface area (Å²) in [5, 5.41) is 0. The van der Waals surface area contributed by atoms with Gasteiger partial charge in [-0.15, -0.1) is 0 Å². The summed E-state index contributed by atoms with van der Waals surface area (Å²) in [6.45, 7) is 6.36. The van der Waals surface area contributed by atoms with Crippen LogP contribution in [0.1, 0.15) is 13.8 Å². The molecule has 0 saturated carbocycles. The molecule has 4 aromatic rings. The first kappa shape index (κ1) is 28.8. The molecule has 36 heavy (non-hydrogen) atoms. The molecule has 0 aliphatic heterocycles. The Hall–Kier alpha value is -3.44. The quantitative estimate of drug-likeness (QED) is 0.290. The summed E-state index contributed by atoms with van der Waals surface area (Å²) in [5.41, 5.74) is 1.18. The van der Waals surface area contributed by atoms with E-state index in [0.29, 0.717) is 11.1 Å². The lowest BCUT2D eigenvalue weighted by Gasteiger charge is -2.09. The van der Waals surface area contributed by atoms with Crippen molar-refractivity contribution in [1.29, 1.82) is 0 Å². The lowest BCUT2D eigenvalue weighted by molar-refractivity contribution is -0.693. The summed E-state index contributed by atoms with van der Waals surface area (Å²) in [6.07, 6.45) is 8.22. The fraction of sp³-hybridized carbons (Fsp3) is 0.154. The normalized spacial score (nSPS) is 10.9. The number of hydrogen-bond donors (Lipinski definition) is 0. The molecular formula is C26H28N2O6S2. The van der Waals surface area contributed by atoms with Crippen molar-refractivity contribution in [3.63, 3.8) is 0 Å². The van der Waals surface area contributed by atoms with Gasteiger partial charge in [0.05, 0.1) is 9.79 Å². The molecule has 0 fully saturated rings. The molecule has 0 aliphatic carbocycles. The summed E-state index contributed by atoms with van der Waals surface area (Å²) in [6, 6.07) is 22.5. The molecule has 10 heteroatoms. The molecule has 190 valence electrons. The molecule has 8 nitrogen and oxygen atoms in total. The first-order valence-corrected chi connectivity index (χ1v) is 13.9. The smallest absolute Gasteiger partial charge is 0.168 e. The van der Waals surface area contributed by atoms with Crippen LogP contribution in [0.15, 0.2) is 120 Å². The topological polar surface area (TPSA) is 122 Å². The van der Waals surface area contributed by atoms with Crippen molar-refractivity contribution in [2.24, 2.45) is 0 Å². The highest BCUT2D eigenvalue weighted by molar-refractivity contribution is 7.86. The summed E-state index contributed by atoms with van der Waals surface area (Å²) < 4.78 is 68.9. The first-order valence-electron chi connectivity index (χ1n) is 11.0. The first-order chi connectivity index (χ1) is 17.0. The predicted molar refractivity (Wildman–Crippen MR) is 132 cm³/mol. The zero-order valence-electron chi connectivity index (χ0n) is 20.0. The van der Waals surface area contributed by atoms with Gasteiger partial charge in [0.25, 0.3) is 0 Å². The number of aromatic nitrogens is 2. The number of benzene rings is 2. The summed E-state index contributed by atoms with van der Waals surface area (Å²) >= 11 is 0. The minimum atomic E-state index is -4.50. The van der Waals surface area contributed by atoms with Gasteiger partial charge in [0, 0.05) is 24.3 Å². The molecule has 0 saturated heterocycles. The number of pyridine rings is 2. The minimum absolute atomic E-state index is 0.347. The zero-order valence-corrected chi connectivity index (χ0v) is 21.6. The van der Waals surface area contributed by atoms with E-state index in [2.05, 4.69) is 47.8 Å². The van der Waals surface area contributed by atoms with Crippen LogP contribution >= 0.6 is 0 Å². The lowest BCUT2D eigenvalue weighted by atomic mass is 10.1. The molecule has 2 aromatic carbocycles. The predicted octanol–water partition coefficient (Wildman–Crippen LogP) is 3.15. The Morgan fingerprint density at radius 3 is 1.00 bits per heavy atom. The third kappa shape index (κ3) is 9.67. The Morgan fingerprint density at radius 2 is 0.806 bits per heavy atom. The monoisotopic (exact) mass is 528 g/mol. The maximum Gasteiger partial charge on any atom is 0.168 e. The van der Waals surface area contributed by atoms with E-state index in [4.69, 9.17) is 0 Å². The van der Waals surface area contributed by atoms with Crippen molar-refractivity contribution in [3.8, 4) is 11.1 Å². The molecule has 0 N–H and O–H groups in total. The second kappa shape index (κ2) is 13.6. The van der Waals surface area contributed by atoms with Crippen molar-refractivity contribution >= 4 is 20.2 Å². The molecule has 0 radical (unpaired) electrons. The van der Waals surface area contributed by atoms with Crippen molar-refractivity contribution in [2.45, 2.75) is 36.7 Å². The zero-order chi connectivity index (χ0) is 26.6. The highest BCUT2D eigenvalue weighted by Gasteiger charge is 2.04. The molecule has 0 aliphatic rings. The van der Waals surface area contributed by atoms with Crippen LogP contribution in [-0.2, 0) is 33.3 Å². The van der Waals surface area contributed by atoms with Crippen LogP contribution in [0.25, 0.3) is 11.1 Å². The van der Waals surface area contributed by atoms with E-state index in [1.807, 2.05) is 36.4 Å². The summed E-state index contributed by atoms with van der Waals surface area (Å²) in [4.78, 5) is -0.694. The fourth-order valence-electron chi connectivity index (χ4n) is 2.92. The summed E-state index contributed by atoms with van der Waals surface area (Å²) in [7, 11) is -9.00. The van der Waals surface area contributed by atoms with E-state index in [9.17, 15) is 25.9 Å². The maximum atomic E-state index is 10.8. The van der Waals surface area contributed by atoms with Gasteiger partial charge < -0.3 is 9.11 Å². The lowest BCUT2D eigenvalue weighted by Crippen LogP contribution is -2.30. The van der Waals surface area contributed by atoms with Crippen LogP contribution in [-0.4, -0.2) is 25.9 Å². The third-order valence-electron chi connectivity index (χ3n) is 4.90. The van der Waals surface area contributed by atoms with Gasteiger partial charge in [0.1, 0.15) is 33.3 Å². The van der Waals surface area contributed by atoms with Crippen LogP contribution in [0.2, 0.25) is 0 Å². The molecule has 0 bridgehead atoms. The van der Waals surface area contributed by atoms with Crippen molar-refractivity contribution < 1.29 is 35.1 Å². The Bertz CT molecular complexity index is 1300. The minimum Gasteiger partial charge on any atom is -0.744 e. The molecule has 0 unspecified atom stereocenters. The Kier molecular flexibility index (Phi) is 10.9. The van der Waals surface area contributed by atoms with Crippen LogP contribution < -0.4 is 9.13 Å². The van der Waals surface area contributed by atoms with Gasteiger partial charge in [0.2, 0.25) is 0 Å². The highest BCUT2D eigenvalue weighted by Crippen LogP contribution is 2.22. The van der Waals surface area contributed by atoms with Crippen LogP contribution in [0, 0.1) is 0 Å². The number of nitrogens with zero attached hydrogens (tertiary/aromatic N) is 2. The second-order valence-corrected chi connectivity index (χ2v) is 10.1. The van der Waals surface area contributed by atoms with Gasteiger partial charge in [-0.1, -0.05) is 36.4 Å². The van der Waals surface area contributed by atoms with Gasteiger partial charge in [0.15, 0.2) is 24.8 Å². The maximum absolute atomic E-state index is 10.8. The van der Waals surface area contributed by atoms with E-state index in [1.54, 1.807) is 0 Å². The van der Waals surface area contributed by atoms with Gasteiger partial charge in [-0.05, 0) is 49.2 Å². The number of hydrogen-bond acceptors (Lipinski definition) is 6. The molecule has 0 amide bonds. The SMILES string of the molecule is CC[n+]1ccccc1.CC[n+]1ccccc1.O=S(=O)([O-])c1ccc(-c2ccc(S(=O)(=O)[O-])cc2)cc1. The van der Waals surface area contributed by atoms with Crippen molar-refractivity contribution in [1.82, 2.24) is 0 Å². The average Bonchev–Trinajstić information content (AvgIpc) is 2.89. The van der Waals surface area contributed by atoms with Crippen molar-refractivity contribution in [3.05, 3.63) is 110 Å². The molecule has 0 atom stereocenters. The fourth-order valence-corrected chi connectivity index (χ4v) is 3.86. The Balaban J connectivity index is 0.000000232. The molecule has 0 spiro atoms. The van der Waals surface area contributed by atoms with Crippen LogP contribution in [0.3, 0.4) is 0 Å². The number of rotatable bonds is 5. The average molecular weight is 529 g/mol. The Morgan fingerprint density at radius 1 is 0.528 bits per heavy atom. The Labute approximate surface area is 212 Å². The van der Waals surface area contributed by atoms with E-state index >= 15 is 0 Å². The number of aryl methyl sites for hydroxylation is 2. The second-order valence-electron chi connectivity index (χ2n) is 7.37. The van der Waals surface area contributed by atoms with Crippen LogP contribution in [0.5, 0.6) is 0 Å². The van der Waals surface area contributed by atoms with Gasteiger partial charge in [-0.3, -0.25) is 0 Å². The third-order valence-corrected chi connectivity index (χ3v) is 6.60. The van der Waals surface area contributed by atoms with E-state index in [1.165, 1.54) is 24.3 Å².